The number of carbonyl (C=O) groups is 1. The summed E-state index contributed by atoms with van der Waals surface area (Å²) in [6, 6.07) is 23.6. The molecule has 2 fully saturated rings. The molecule has 1 aromatic heterocycles. The summed E-state index contributed by atoms with van der Waals surface area (Å²) in [6.07, 6.45) is 14.2. The normalized spacial score (nSPS) is 20.7. The SMILES string of the molecule is O=C(CN1CCC(Cc2ccccc2)CC1)N1CCC2(CCCCc3ccccc3OCCN(Cc3cccnc3)C2)CC1. The van der Waals surface area contributed by atoms with Gasteiger partial charge in [-0.25, -0.2) is 0 Å². The minimum atomic E-state index is 0.230. The second-order valence-corrected chi connectivity index (χ2v) is 13.5. The molecule has 0 aliphatic carbocycles. The highest BCUT2D eigenvalue weighted by molar-refractivity contribution is 5.78. The van der Waals surface area contributed by atoms with Crippen molar-refractivity contribution in [1.82, 2.24) is 19.7 Å². The first-order chi connectivity index (χ1) is 21.6. The smallest absolute Gasteiger partial charge is 0.236 e. The minimum absolute atomic E-state index is 0.230. The number of amides is 1. The van der Waals surface area contributed by atoms with Gasteiger partial charge < -0.3 is 9.64 Å². The van der Waals surface area contributed by atoms with Gasteiger partial charge in [-0.2, -0.15) is 0 Å². The maximum Gasteiger partial charge on any atom is 0.236 e. The standard InChI is InChI=1S/C38H50N4O2/c43-37(30-40-21-15-33(16-22-40)27-32-9-2-1-3-10-32)42-23-18-38(19-24-42)17-7-6-13-35-12-4-5-14-36(35)44-26-25-41(31-38)29-34-11-8-20-39-28-34/h1-5,8-12,14,20,28,33H,6-7,13,15-19,21-27,29-31H2. The number of rotatable bonds is 6. The van der Waals surface area contributed by atoms with Crippen molar-refractivity contribution in [3.63, 3.8) is 0 Å². The largest absolute Gasteiger partial charge is 0.492 e. The molecule has 0 unspecified atom stereocenters. The summed E-state index contributed by atoms with van der Waals surface area (Å²) in [5.41, 5.74) is 4.24. The van der Waals surface area contributed by atoms with Crippen LogP contribution in [0.5, 0.6) is 5.75 Å². The van der Waals surface area contributed by atoms with Crippen molar-refractivity contribution in [1.29, 1.82) is 0 Å². The number of nitrogens with zero attached hydrogens (tertiary/aromatic N) is 4. The summed E-state index contributed by atoms with van der Waals surface area (Å²) in [5.74, 6) is 2.09. The summed E-state index contributed by atoms with van der Waals surface area (Å²) < 4.78 is 6.35. The van der Waals surface area contributed by atoms with Crippen LogP contribution in [0.2, 0.25) is 0 Å². The molecule has 44 heavy (non-hydrogen) atoms. The van der Waals surface area contributed by atoms with E-state index in [-0.39, 0.29) is 5.41 Å². The monoisotopic (exact) mass is 594 g/mol. The average molecular weight is 595 g/mol. The second kappa shape index (κ2) is 15.2. The molecule has 2 saturated heterocycles. The number of likely N-dealkylation sites (tertiary alicyclic amines) is 2. The Hall–Kier alpha value is -3.22. The van der Waals surface area contributed by atoms with E-state index in [2.05, 4.69) is 80.3 Å². The number of hydrogen-bond acceptors (Lipinski definition) is 5. The van der Waals surface area contributed by atoms with E-state index < -0.39 is 0 Å². The molecular formula is C38H50N4O2. The fourth-order valence-electron chi connectivity index (χ4n) is 7.69. The molecule has 0 saturated carbocycles. The molecule has 0 atom stereocenters. The summed E-state index contributed by atoms with van der Waals surface area (Å²) in [7, 11) is 0. The van der Waals surface area contributed by atoms with Crippen molar-refractivity contribution >= 4 is 5.91 Å². The predicted octanol–water partition coefficient (Wildman–Crippen LogP) is 6.25. The van der Waals surface area contributed by atoms with Gasteiger partial charge >= 0.3 is 0 Å². The Kier molecular flexibility index (Phi) is 10.6. The first-order valence-electron chi connectivity index (χ1n) is 17.0. The zero-order valence-electron chi connectivity index (χ0n) is 26.4. The maximum atomic E-state index is 13.5. The van der Waals surface area contributed by atoms with E-state index in [9.17, 15) is 4.79 Å². The molecule has 3 aliphatic heterocycles. The number of para-hydroxylation sites is 1. The fraction of sp³-hybridized carbons (Fsp3) is 0.526. The van der Waals surface area contributed by atoms with E-state index >= 15 is 0 Å². The van der Waals surface area contributed by atoms with Gasteiger partial charge in [-0.05, 0) is 105 Å². The van der Waals surface area contributed by atoms with Gasteiger partial charge in [0.25, 0.3) is 0 Å². The number of hydrogen-bond donors (Lipinski definition) is 0. The topological polar surface area (TPSA) is 48.9 Å². The third-order valence-corrected chi connectivity index (χ3v) is 10.3. The van der Waals surface area contributed by atoms with E-state index in [1.165, 1.54) is 48.8 Å². The number of ether oxygens (including phenoxy) is 1. The van der Waals surface area contributed by atoms with E-state index in [0.717, 1.165) is 83.2 Å². The summed E-state index contributed by atoms with van der Waals surface area (Å²) in [5, 5.41) is 0. The molecule has 1 amide bonds. The molecular weight excluding hydrogens is 544 g/mol. The van der Waals surface area contributed by atoms with E-state index in [1.54, 1.807) is 0 Å². The average Bonchev–Trinajstić information content (AvgIpc) is 3.05. The molecule has 234 valence electrons. The Morgan fingerprint density at radius 3 is 2.39 bits per heavy atom. The van der Waals surface area contributed by atoms with Crippen LogP contribution < -0.4 is 4.74 Å². The lowest BCUT2D eigenvalue weighted by atomic mass is 9.73. The van der Waals surface area contributed by atoms with Crippen molar-refractivity contribution in [2.45, 2.75) is 64.3 Å². The van der Waals surface area contributed by atoms with Gasteiger partial charge in [0.15, 0.2) is 0 Å². The second-order valence-electron chi connectivity index (χ2n) is 13.5. The molecule has 0 radical (unpaired) electrons. The molecule has 1 spiro atoms. The van der Waals surface area contributed by atoms with Crippen LogP contribution in [0.25, 0.3) is 0 Å². The van der Waals surface area contributed by atoms with Crippen LogP contribution in [0.3, 0.4) is 0 Å². The van der Waals surface area contributed by atoms with Gasteiger partial charge in [-0.1, -0.05) is 61.0 Å². The lowest BCUT2D eigenvalue weighted by molar-refractivity contribution is -0.135. The molecule has 0 bridgehead atoms. The number of piperidine rings is 2. The van der Waals surface area contributed by atoms with Crippen molar-refractivity contribution in [2.75, 3.05) is 52.4 Å². The quantitative estimate of drug-likeness (QED) is 0.338. The third kappa shape index (κ3) is 8.48. The number of aryl methyl sites for hydroxylation is 1. The Labute approximate surface area is 264 Å². The van der Waals surface area contributed by atoms with Gasteiger partial charge in [0.2, 0.25) is 5.91 Å². The van der Waals surface area contributed by atoms with Gasteiger partial charge in [0.05, 0.1) is 6.54 Å². The van der Waals surface area contributed by atoms with Crippen LogP contribution in [0.1, 0.15) is 61.6 Å². The summed E-state index contributed by atoms with van der Waals surface area (Å²) in [4.78, 5) is 25.0. The molecule has 2 aromatic carbocycles. The number of carbonyl (C=O) groups excluding carboxylic acids is 1. The molecule has 3 aromatic rings. The predicted molar refractivity (Wildman–Crippen MR) is 177 cm³/mol. The van der Waals surface area contributed by atoms with Crippen molar-refractivity contribution < 1.29 is 9.53 Å². The van der Waals surface area contributed by atoms with Crippen LogP contribution in [0.15, 0.2) is 79.1 Å². The highest BCUT2D eigenvalue weighted by atomic mass is 16.5. The highest BCUT2D eigenvalue weighted by Crippen LogP contribution is 2.39. The first kappa shape index (κ1) is 30.8. The van der Waals surface area contributed by atoms with Crippen molar-refractivity contribution in [3.8, 4) is 5.75 Å². The van der Waals surface area contributed by atoms with Gasteiger partial charge in [0, 0.05) is 45.1 Å². The highest BCUT2D eigenvalue weighted by Gasteiger charge is 2.37. The Bertz CT molecular complexity index is 1300. The molecule has 4 heterocycles. The first-order valence-corrected chi connectivity index (χ1v) is 17.0. The Morgan fingerprint density at radius 2 is 1.59 bits per heavy atom. The number of fused-ring (bicyclic) bond motifs is 1. The molecule has 6 heteroatoms. The van der Waals surface area contributed by atoms with Crippen molar-refractivity contribution in [2.24, 2.45) is 11.3 Å². The van der Waals surface area contributed by atoms with Gasteiger partial charge in [-0.3, -0.25) is 19.6 Å². The Balaban J connectivity index is 1.05. The van der Waals surface area contributed by atoms with Gasteiger partial charge in [0.1, 0.15) is 12.4 Å². The molecule has 6 rings (SSSR count). The molecule has 0 N–H and O–H groups in total. The molecule has 3 aliphatic rings. The van der Waals surface area contributed by atoms with Crippen LogP contribution in [0, 0.1) is 11.3 Å². The lowest BCUT2D eigenvalue weighted by Crippen LogP contribution is -2.51. The Morgan fingerprint density at radius 1 is 0.818 bits per heavy atom. The van der Waals surface area contributed by atoms with E-state index in [4.69, 9.17) is 4.74 Å². The van der Waals surface area contributed by atoms with Crippen LogP contribution in [-0.2, 0) is 24.2 Å². The summed E-state index contributed by atoms with van der Waals surface area (Å²) in [6.45, 7) is 7.90. The number of aromatic nitrogens is 1. The zero-order valence-corrected chi connectivity index (χ0v) is 26.4. The maximum absolute atomic E-state index is 13.5. The summed E-state index contributed by atoms with van der Waals surface area (Å²) >= 11 is 0. The third-order valence-electron chi connectivity index (χ3n) is 10.3. The number of benzene rings is 2. The lowest BCUT2D eigenvalue weighted by Gasteiger charge is -2.45. The number of pyridine rings is 1. The van der Waals surface area contributed by atoms with Gasteiger partial charge in [-0.15, -0.1) is 0 Å². The minimum Gasteiger partial charge on any atom is -0.492 e. The fourth-order valence-corrected chi connectivity index (χ4v) is 7.69. The van der Waals surface area contributed by atoms with Crippen LogP contribution in [-0.4, -0.2) is 78.0 Å². The zero-order chi connectivity index (χ0) is 30.0. The van der Waals surface area contributed by atoms with E-state index in [1.807, 2.05) is 18.5 Å². The molecule has 6 nitrogen and oxygen atoms in total. The van der Waals surface area contributed by atoms with Crippen LogP contribution >= 0.6 is 0 Å². The van der Waals surface area contributed by atoms with Crippen molar-refractivity contribution in [3.05, 3.63) is 95.8 Å². The van der Waals surface area contributed by atoms with E-state index in [0.29, 0.717) is 19.1 Å². The van der Waals surface area contributed by atoms with Crippen LogP contribution in [0.4, 0.5) is 0 Å².